The average Bonchev–Trinajstić information content (AvgIpc) is 2.60. The third kappa shape index (κ3) is 5.04. The molecule has 1 aliphatic rings. The minimum Gasteiger partial charge on any atom is -0.338 e. The molecule has 1 fully saturated rings. The van der Waals surface area contributed by atoms with Crippen molar-refractivity contribution >= 4 is 5.91 Å². The fourth-order valence-electron chi connectivity index (χ4n) is 2.35. The maximum Gasteiger partial charge on any atom is 0.222 e. The van der Waals surface area contributed by atoms with Crippen LogP contribution in [0.4, 0.5) is 0 Å². The first-order valence-electron chi connectivity index (χ1n) is 6.53. The van der Waals surface area contributed by atoms with Gasteiger partial charge in [0.15, 0.2) is 0 Å². The van der Waals surface area contributed by atoms with E-state index in [9.17, 15) is 4.79 Å². The van der Waals surface area contributed by atoms with Gasteiger partial charge in [-0.3, -0.25) is 4.79 Å². The largest absolute Gasteiger partial charge is 0.338 e. The van der Waals surface area contributed by atoms with Crippen LogP contribution in [-0.2, 0) is 4.79 Å². The fraction of sp³-hybridized carbons (Fsp3) is 0.923. The molecule has 100 valence electrons. The third-order valence-corrected chi connectivity index (χ3v) is 3.26. The van der Waals surface area contributed by atoms with Gasteiger partial charge in [0.25, 0.3) is 0 Å². The van der Waals surface area contributed by atoms with Crippen LogP contribution in [0.3, 0.4) is 0 Å². The molecule has 1 heterocycles. The molecule has 0 aromatic rings. The molecule has 1 amide bonds. The van der Waals surface area contributed by atoms with Gasteiger partial charge < -0.3 is 15.5 Å². The molecule has 17 heavy (non-hydrogen) atoms. The molecule has 1 aliphatic heterocycles. The molecule has 4 heteroatoms. The molecule has 0 bridgehead atoms. The smallest absolute Gasteiger partial charge is 0.222 e. The summed E-state index contributed by atoms with van der Waals surface area (Å²) in [5, 5.41) is 0. The van der Waals surface area contributed by atoms with Crippen LogP contribution < -0.4 is 5.73 Å². The van der Waals surface area contributed by atoms with Gasteiger partial charge in [-0.05, 0) is 47.2 Å². The van der Waals surface area contributed by atoms with Crippen molar-refractivity contribution in [2.24, 2.45) is 5.73 Å². The molecular formula is C13H27N3O. The lowest BCUT2D eigenvalue weighted by molar-refractivity contribution is -0.132. The molecule has 1 unspecified atom stereocenters. The number of hydrogen-bond donors (Lipinski definition) is 1. The van der Waals surface area contributed by atoms with Crippen molar-refractivity contribution in [2.75, 3.05) is 27.2 Å². The summed E-state index contributed by atoms with van der Waals surface area (Å²) < 4.78 is 0. The first-order valence-corrected chi connectivity index (χ1v) is 6.53. The van der Waals surface area contributed by atoms with Crippen LogP contribution in [0.25, 0.3) is 0 Å². The van der Waals surface area contributed by atoms with E-state index in [-0.39, 0.29) is 11.4 Å². The second kappa shape index (κ2) is 5.83. The Kier molecular flexibility index (Phi) is 4.95. The lowest BCUT2D eigenvalue weighted by Crippen LogP contribution is -2.42. The van der Waals surface area contributed by atoms with Crippen LogP contribution in [0, 0.1) is 0 Å². The average molecular weight is 241 g/mol. The second-order valence-electron chi connectivity index (χ2n) is 6.13. The lowest BCUT2D eigenvalue weighted by Gasteiger charge is -2.28. The zero-order chi connectivity index (χ0) is 13.1. The second-order valence-corrected chi connectivity index (χ2v) is 6.13. The van der Waals surface area contributed by atoms with Gasteiger partial charge in [-0.2, -0.15) is 0 Å². The molecule has 0 radical (unpaired) electrons. The number of nitrogens with zero attached hydrogens (tertiary/aromatic N) is 2. The van der Waals surface area contributed by atoms with Gasteiger partial charge in [-0.25, -0.2) is 0 Å². The summed E-state index contributed by atoms with van der Waals surface area (Å²) in [4.78, 5) is 16.3. The Labute approximate surface area is 105 Å². The molecule has 1 rings (SSSR count). The SMILES string of the molecule is CN(C)CC1CCCN1C(=O)CCC(C)(C)N. The maximum atomic E-state index is 12.1. The van der Waals surface area contributed by atoms with Gasteiger partial charge in [-0.15, -0.1) is 0 Å². The van der Waals surface area contributed by atoms with Crippen LogP contribution in [0.15, 0.2) is 0 Å². The Hall–Kier alpha value is -0.610. The highest BCUT2D eigenvalue weighted by atomic mass is 16.2. The van der Waals surface area contributed by atoms with E-state index in [1.807, 2.05) is 18.7 Å². The van der Waals surface area contributed by atoms with Crippen molar-refractivity contribution in [3.05, 3.63) is 0 Å². The molecule has 2 N–H and O–H groups in total. The van der Waals surface area contributed by atoms with Gasteiger partial charge in [0.1, 0.15) is 0 Å². The predicted octanol–water partition coefficient (Wildman–Crippen LogP) is 1.06. The molecule has 0 spiro atoms. The maximum absolute atomic E-state index is 12.1. The van der Waals surface area contributed by atoms with E-state index in [4.69, 9.17) is 5.73 Å². The van der Waals surface area contributed by atoms with Gasteiger partial charge in [0, 0.05) is 31.1 Å². The van der Waals surface area contributed by atoms with Gasteiger partial charge in [0.2, 0.25) is 5.91 Å². The van der Waals surface area contributed by atoms with Crippen LogP contribution in [0.2, 0.25) is 0 Å². The van der Waals surface area contributed by atoms with Gasteiger partial charge in [0.05, 0.1) is 0 Å². The Bertz CT molecular complexity index is 258. The van der Waals surface area contributed by atoms with Crippen molar-refractivity contribution in [2.45, 2.75) is 51.1 Å². The van der Waals surface area contributed by atoms with Gasteiger partial charge >= 0.3 is 0 Å². The fourth-order valence-corrected chi connectivity index (χ4v) is 2.35. The summed E-state index contributed by atoms with van der Waals surface area (Å²) in [6, 6.07) is 0.401. The molecule has 0 aliphatic carbocycles. The molecule has 1 atom stereocenters. The molecule has 4 nitrogen and oxygen atoms in total. The monoisotopic (exact) mass is 241 g/mol. The molecule has 1 saturated heterocycles. The van der Waals surface area contributed by atoms with Crippen LogP contribution in [0.5, 0.6) is 0 Å². The van der Waals surface area contributed by atoms with E-state index in [1.165, 1.54) is 0 Å². The number of carbonyl (C=O) groups is 1. The summed E-state index contributed by atoms with van der Waals surface area (Å²) >= 11 is 0. The Balaban J connectivity index is 2.44. The Morgan fingerprint density at radius 2 is 2.12 bits per heavy atom. The highest BCUT2D eigenvalue weighted by molar-refractivity contribution is 5.77. The highest BCUT2D eigenvalue weighted by Gasteiger charge is 2.29. The van der Waals surface area contributed by atoms with Crippen molar-refractivity contribution in [3.8, 4) is 0 Å². The number of likely N-dealkylation sites (N-methyl/N-ethyl adjacent to an activating group) is 1. The summed E-state index contributed by atoms with van der Waals surface area (Å²) in [7, 11) is 4.12. The van der Waals surface area contributed by atoms with E-state index in [1.54, 1.807) is 0 Å². The minimum atomic E-state index is -0.244. The van der Waals surface area contributed by atoms with Crippen molar-refractivity contribution in [1.82, 2.24) is 9.80 Å². The van der Waals surface area contributed by atoms with E-state index in [0.717, 1.165) is 32.4 Å². The topological polar surface area (TPSA) is 49.6 Å². The normalized spacial score (nSPS) is 21.3. The number of hydrogen-bond acceptors (Lipinski definition) is 3. The van der Waals surface area contributed by atoms with E-state index < -0.39 is 0 Å². The van der Waals surface area contributed by atoms with Gasteiger partial charge in [-0.1, -0.05) is 0 Å². The van der Waals surface area contributed by atoms with E-state index >= 15 is 0 Å². The van der Waals surface area contributed by atoms with Crippen molar-refractivity contribution < 1.29 is 4.79 Å². The number of rotatable bonds is 5. The Morgan fingerprint density at radius 3 is 2.65 bits per heavy atom. The van der Waals surface area contributed by atoms with Crippen molar-refractivity contribution in [3.63, 3.8) is 0 Å². The number of nitrogens with two attached hydrogens (primary N) is 1. The standard InChI is InChI=1S/C13H27N3O/c1-13(2,14)8-7-12(17)16-9-5-6-11(16)10-15(3)4/h11H,5-10,14H2,1-4H3. The first-order chi connectivity index (χ1) is 7.79. The van der Waals surface area contributed by atoms with Crippen LogP contribution in [0.1, 0.15) is 39.5 Å². The van der Waals surface area contributed by atoms with E-state index in [0.29, 0.717) is 12.5 Å². The molecular weight excluding hydrogens is 214 g/mol. The summed E-state index contributed by atoms with van der Waals surface area (Å²) in [6.45, 7) is 5.84. The number of amides is 1. The first kappa shape index (κ1) is 14.5. The summed E-state index contributed by atoms with van der Waals surface area (Å²) in [5.74, 6) is 0.271. The number of carbonyl (C=O) groups excluding carboxylic acids is 1. The predicted molar refractivity (Wildman–Crippen MR) is 70.8 cm³/mol. The van der Waals surface area contributed by atoms with E-state index in [2.05, 4.69) is 19.0 Å². The summed E-state index contributed by atoms with van der Waals surface area (Å²) in [6.07, 6.45) is 3.61. The zero-order valence-electron chi connectivity index (χ0n) is 11.7. The highest BCUT2D eigenvalue weighted by Crippen LogP contribution is 2.20. The van der Waals surface area contributed by atoms with Crippen LogP contribution in [-0.4, -0.2) is 54.5 Å². The molecule has 0 saturated carbocycles. The lowest BCUT2D eigenvalue weighted by atomic mass is 9.99. The third-order valence-electron chi connectivity index (χ3n) is 3.26. The molecule has 0 aromatic heterocycles. The summed E-state index contributed by atoms with van der Waals surface area (Å²) in [5.41, 5.74) is 5.68. The Morgan fingerprint density at radius 1 is 1.47 bits per heavy atom. The number of likely N-dealkylation sites (tertiary alicyclic amines) is 1. The van der Waals surface area contributed by atoms with Crippen molar-refractivity contribution in [1.29, 1.82) is 0 Å². The quantitative estimate of drug-likeness (QED) is 0.783. The minimum absolute atomic E-state index is 0.244. The molecule has 0 aromatic carbocycles. The van der Waals surface area contributed by atoms with Crippen LogP contribution >= 0.6 is 0 Å². The zero-order valence-corrected chi connectivity index (χ0v) is 11.7.